The van der Waals surface area contributed by atoms with E-state index < -0.39 is 0 Å². The molecular formula is CH8BiK2. The summed E-state index contributed by atoms with van der Waals surface area (Å²) in [5, 5.41) is 0. The van der Waals surface area contributed by atoms with Gasteiger partial charge in [-0.15, -0.1) is 0 Å². The molecule has 19 valence electrons. The molecule has 0 rings (SSSR count). The fraction of sp³-hybridized carbons (Fsp3) is 0. The van der Waals surface area contributed by atoms with Gasteiger partial charge in [-0.3, -0.25) is 0 Å². The molecule has 0 aliphatic heterocycles. The minimum absolute atomic E-state index is 0. The zero-order chi connectivity index (χ0) is 0. The molecule has 0 atom stereocenters. The van der Waals surface area contributed by atoms with Gasteiger partial charge in [-0.1, -0.05) is 7.43 Å². The third kappa shape index (κ3) is 9.47. The van der Waals surface area contributed by atoms with E-state index in [1.807, 2.05) is 0 Å². The molecule has 0 spiro atoms. The zero-order valence-corrected chi connectivity index (χ0v) is 7.20. The van der Waals surface area contributed by atoms with Gasteiger partial charge in [0.05, 0.1) is 0 Å². The van der Waals surface area contributed by atoms with Crippen molar-refractivity contribution in [2.45, 2.75) is 0 Å². The maximum absolute atomic E-state index is 0. The Morgan fingerprint density at radius 1 is 0.750 bits per heavy atom. The molecule has 0 aliphatic rings. The van der Waals surface area contributed by atoms with Crippen LogP contribution in [0.3, 0.4) is 0 Å². The van der Waals surface area contributed by atoms with Gasteiger partial charge in [0.15, 0.2) is 0 Å². The Bertz CT molecular complexity index is 6.00. The molecule has 0 saturated carbocycles. The summed E-state index contributed by atoms with van der Waals surface area (Å²) in [4.78, 5) is 0. The Hall–Kier alpha value is 4.16. The van der Waals surface area contributed by atoms with Gasteiger partial charge < -0.3 is 0 Å². The Morgan fingerprint density at radius 2 is 0.750 bits per heavy atom. The van der Waals surface area contributed by atoms with Crippen LogP contribution in [0.2, 0.25) is 0 Å². The molecule has 0 nitrogen and oxygen atoms in total. The van der Waals surface area contributed by atoms with Gasteiger partial charge in [0, 0.05) is 0 Å². The van der Waals surface area contributed by atoms with E-state index in [2.05, 4.69) is 0 Å². The van der Waals surface area contributed by atoms with Crippen molar-refractivity contribution in [3.63, 3.8) is 0 Å². The molecule has 0 unspecified atom stereocenters. The van der Waals surface area contributed by atoms with Crippen LogP contribution < -0.4 is 0 Å². The minimum atomic E-state index is 0. The zero-order valence-electron chi connectivity index (χ0n) is 1.71. The summed E-state index contributed by atoms with van der Waals surface area (Å²) in [6, 6.07) is 0. The van der Waals surface area contributed by atoms with E-state index in [1.165, 1.54) is 0 Å². The van der Waals surface area contributed by atoms with Gasteiger partial charge >= 0.3 is 129 Å². The van der Waals surface area contributed by atoms with Crippen LogP contribution in [0.4, 0.5) is 0 Å². The first-order chi connectivity index (χ1) is 0. The summed E-state index contributed by atoms with van der Waals surface area (Å²) in [6.45, 7) is 0. The molecule has 0 saturated heterocycles. The van der Waals surface area contributed by atoms with E-state index in [0.717, 1.165) is 0 Å². The normalized spacial score (nSPS) is 0. The Balaban J connectivity index is 0. The maximum atomic E-state index is 0. The van der Waals surface area contributed by atoms with Gasteiger partial charge in [-0.05, 0) is 0 Å². The third-order valence-corrected chi connectivity index (χ3v) is 0. The Kier molecular flexibility index (Phi) is 94.9. The van der Waals surface area contributed by atoms with Gasteiger partial charge in [-0.2, -0.15) is 0 Å². The van der Waals surface area contributed by atoms with Crippen molar-refractivity contribution < 1.29 is 0 Å². The average molecular weight is 307 g/mol. The van der Waals surface area contributed by atoms with Crippen LogP contribution >= 0.6 is 0 Å². The summed E-state index contributed by atoms with van der Waals surface area (Å²) < 4.78 is 0. The average Bonchev–Trinajstić information content (AvgIpc) is 0. The van der Waals surface area contributed by atoms with Crippen LogP contribution in [-0.2, 0) is 0 Å². The van der Waals surface area contributed by atoms with Crippen LogP contribution in [0.5, 0.6) is 0 Å². The molecule has 4 heavy (non-hydrogen) atoms. The van der Waals surface area contributed by atoms with Crippen LogP contribution in [0.25, 0.3) is 0 Å². The topological polar surface area (TPSA) is 0 Å². The van der Waals surface area contributed by atoms with Crippen LogP contribution in [0.15, 0.2) is 0 Å². The van der Waals surface area contributed by atoms with Crippen molar-refractivity contribution in [3.05, 3.63) is 7.43 Å². The van der Waals surface area contributed by atoms with E-state index in [-0.39, 0.29) is 136 Å². The molecule has 0 aromatic rings. The van der Waals surface area contributed by atoms with Crippen molar-refractivity contribution in [1.82, 2.24) is 0 Å². The predicted octanol–water partition coefficient (Wildman–Crippen LogP) is -2.03. The molecule has 0 heterocycles. The van der Waals surface area contributed by atoms with Crippen molar-refractivity contribution >= 4 is 129 Å². The molecule has 0 aromatic heterocycles. The first-order valence-corrected chi connectivity index (χ1v) is 0. The number of hydrogen-bond donors (Lipinski definition) is 0. The van der Waals surface area contributed by atoms with Crippen LogP contribution in [0.1, 0.15) is 0 Å². The van der Waals surface area contributed by atoms with Crippen molar-refractivity contribution in [1.29, 1.82) is 0 Å². The van der Waals surface area contributed by atoms with Crippen molar-refractivity contribution in [3.8, 4) is 0 Å². The SMILES string of the molecule is [BiH3].[CH3].[KH].[KH]. The first-order valence-electron chi connectivity index (χ1n) is 0. The summed E-state index contributed by atoms with van der Waals surface area (Å²) in [5.41, 5.74) is 0. The molecule has 0 N–H and O–H groups in total. The van der Waals surface area contributed by atoms with E-state index in [4.69, 9.17) is 0 Å². The third-order valence-electron chi connectivity index (χ3n) is 0. The molecule has 0 fully saturated rings. The predicted molar refractivity (Wildman–Crippen MR) is 30.7 cm³/mol. The Morgan fingerprint density at radius 3 is 0.750 bits per heavy atom. The Labute approximate surface area is 132 Å². The van der Waals surface area contributed by atoms with E-state index in [9.17, 15) is 0 Å². The van der Waals surface area contributed by atoms with Crippen LogP contribution in [0, 0.1) is 7.43 Å². The van der Waals surface area contributed by atoms with Crippen LogP contribution in [-0.4, -0.2) is 129 Å². The fourth-order valence-corrected chi connectivity index (χ4v) is 0. The van der Waals surface area contributed by atoms with Gasteiger partial charge in [-0.25, -0.2) is 0 Å². The molecule has 0 aliphatic carbocycles. The van der Waals surface area contributed by atoms with E-state index in [1.54, 1.807) is 0 Å². The molecule has 0 aromatic carbocycles. The molecule has 3 heteroatoms. The van der Waals surface area contributed by atoms with E-state index in [0.29, 0.717) is 0 Å². The second-order valence-corrected chi connectivity index (χ2v) is 0. The fourth-order valence-electron chi connectivity index (χ4n) is 0. The second-order valence-electron chi connectivity index (χ2n) is 0. The summed E-state index contributed by atoms with van der Waals surface area (Å²) in [7, 11) is 0. The quantitative estimate of drug-likeness (QED) is 0.453. The van der Waals surface area contributed by atoms with Gasteiger partial charge in [0.1, 0.15) is 0 Å². The second kappa shape index (κ2) is 15.7. The standard InChI is InChI=1S/CH3.Bi.2K.5H/h1H3;;;;;;;;. The van der Waals surface area contributed by atoms with E-state index >= 15 is 0 Å². The summed E-state index contributed by atoms with van der Waals surface area (Å²) in [5.74, 6) is 0. The molecule has 1 radical (unpaired) electrons. The molecular weight excluding hydrogens is 299 g/mol. The number of rotatable bonds is 0. The first kappa shape index (κ1) is 24.2. The summed E-state index contributed by atoms with van der Waals surface area (Å²) in [6.07, 6.45) is 0. The van der Waals surface area contributed by atoms with Crippen molar-refractivity contribution in [2.24, 2.45) is 0 Å². The van der Waals surface area contributed by atoms with Gasteiger partial charge in [0.2, 0.25) is 0 Å². The van der Waals surface area contributed by atoms with Crippen molar-refractivity contribution in [2.75, 3.05) is 0 Å². The summed E-state index contributed by atoms with van der Waals surface area (Å²) >= 11 is 0. The monoisotopic (exact) mass is 307 g/mol. The molecule has 0 bridgehead atoms. The number of hydrogen-bond acceptors (Lipinski definition) is 0. The molecule has 0 amide bonds. The van der Waals surface area contributed by atoms with Gasteiger partial charge in [0.25, 0.3) is 0 Å².